The number of Topliss-reactive ketones (excluding diaryl/α,β-unsaturated/α-hetero) is 1. The van der Waals surface area contributed by atoms with Crippen LogP contribution in [0.2, 0.25) is 0 Å². The largest absolute Gasteiger partial charge is 0.372 e. The Hall–Kier alpha value is -3.06. The summed E-state index contributed by atoms with van der Waals surface area (Å²) < 4.78 is 0. The number of nitrogens with zero attached hydrogens (tertiary/aromatic N) is 3. The van der Waals surface area contributed by atoms with Crippen LogP contribution < -0.4 is 5.73 Å². The van der Waals surface area contributed by atoms with Gasteiger partial charge in [-0.3, -0.25) is 14.5 Å². The van der Waals surface area contributed by atoms with E-state index in [1.165, 1.54) is 24.9 Å². The van der Waals surface area contributed by atoms with E-state index in [-0.39, 0.29) is 19.6 Å². The van der Waals surface area contributed by atoms with Crippen LogP contribution in [0.1, 0.15) is 63.9 Å². The van der Waals surface area contributed by atoms with Crippen LogP contribution >= 0.6 is 0 Å². The Morgan fingerprint density at radius 2 is 2.06 bits per heavy atom. The Morgan fingerprint density at radius 3 is 2.69 bits per heavy atom. The van der Waals surface area contributed by atoms with Crippen LogP contribution in [0, 0.1) is 5.41 Å². The van der Waals surface area contributed by atoms with Crippen molar-refractivity contribution in [3.05, 3.63) is 47.8 Å². The molecule has 1 saturated heterocycles. The first-order chi connectivity index (χ1) is 14.7. The fraction of sp³-hybridized carbons (Fsp3) is 0.440. The van der Waals surface area contributed by atoms with Gasteiger partial charge in [0.2, 0.25) is 6.41 Å². The van der Waals surface area contributed by atoms with Gasteiger partial charge in [0, 0.05) is 29.8 Å². The number of hydrogen-bond acceptors (Lipinski definition) is 5. The molecule has 1 unspecified atom stereocenters. The van der Waals surface area contributed by atoms with Crippen LogP contribution in [0.5, 0.6) is 0 Å². The zero-order chi connectivity index (χ0) is 22.6. The molecule has 0 radical (unpaired) electrons. The molecule has 0 saturated carbocycles. The molecule has 1 aliphatic rings. The van der Waals surface area contributed by atoms with Gasteiger partial charge < -0.3 is 10.7 Å². The average Bonchev–Trinajstić information content (AvgIpc) is 3.33. The van der Waals surface area contributed by atoms with Crippen LogP contribution in [0.25, 0.3) is 22.4 Å². The van der Waals surface area contributed by atoms with E-state index in [0.717, 1.165) is 17.8 Å². The average molecular weight is 438 g/mol. The first-order valence-corrected chi connectivity index (χ1v) is 10.6. The van der Waals surface area contributed by atoms with Crippen LogP contribution in [-0.2, 0) is 11.3 Å². The maximum Gasteiger partial charge on any atom is 0.204 e. The van der Waals surface area contributed by atoms with E-state index in [2.05, 4.69) is 51.8 Å². The number of amides is 1. The lowest BCUT2D eigenvalue weighted by Crippen LogP contribution is -2.26. The standard InChI is InChI=1S/C23H28N4O.CH3NO.CH4/c1-15-7-6-10-27(15)14-16-8-5-9-17(11-16)19-13-25-22-20(26-19)18(12-24-22)21(28)23(2,3)4;2-1-3;/h5,8-9,11-13,15H,6-7,10,14H2,1-4H3,(H,24,25);1H,(H2,2,3);1H4. The van der Waals surface area contributed by atoms with Crippen LogP contribution in [-0.4, -0.2) is 44.6 Å². The fourth-order valence-electron chi connectivity index (χ4n) is 3.90. The van der Waals surface area contributed by atoms with Crippen molar-refractivity contribution in [1.29, 1.82) is 0 Å². The molecular formula is C25H35N5O2. The van der Waals surface area contributed by atoms with Crippen molar-refractivity contribution in [1.82, 2.24) is 19.9 Å². The lowest BCUT2D eigenvalue weighted by Gasteiger charge is -2.21. The van der Waals surface area contributed by atoms with Gasteiger partial charge in [-0.15, -0.1) is 0 Å². The molecule has 2 aromatic heterocycles. The number of nitrogens with one attached hydrogen (secondary N) is 1. The predicted molar refractivity (Wildman–Crippen MR) is 129 cm³/mol. The number of ketones is 1. The first-order valence-electron chi connectivity index (χ1n) is 10.6. The molecule has 4 rings (SSSR count). The van der Waals surface area contributed by atoms with E-state index < -0.39 is 5.41 Å². The highest BCUT2D eigenvalue weighted by Gasteiger charge is 2.26. The third-order valence-electron chi connectivity index (χ3n) is 5.61. The Morgan fingerprint density at radius 1 is 1.34 bits per heavy atom. The van der Waals surface area contributed by atoms with Crippen molar-refractivity contribution in [2.24, 2.45) is 11.1 Å². The van der Waals surface area contributed by atoms with Gasteiger partial charge in [-0.2, -0.15) is 0 Å². The molecule has 0 spiro atoms. The Balaban J connectivity index is 0.000000860. The highest BCUT2D eigenvalue weighted by atomic mass is 16.1. The van der Waals surface area contributed by atoms with Gasteiger partial charge in [0.1, 0.15) is 5.52 Å². The van der Waals surface area contributed by atoms with Crippen molar-refractivity contribution in [2.45, 2.75) is 60.5 Å². The molecule has 7 nitrogen and oxygen atoms in total. The molecule has 1 amide bonds. The van der Waals surface area contributed by atoms with Gasteiger partial charge in [-0.1, -0.05) is 46.4 Å². The minimum Gasteiger partial charge on any atom is -0.372 e. The number of primary amides is 1. The topological polar surface area (TPSA) is 105 Å². The Bertz CT molecular complexity index is 1070. The van der Waals surface area contributed by atoms with Crippen molar-refractivity contribution in [2.75, 3.05) is 6.54 Å². The number of rotatable bonds is 4. The third kappa shape index (κ3) is 5.59. The van der Waals surface area contributed by atoms with Crippen LogP contribution in [0.15, 0.2) is 36.7 Å². The molecule has 3 aromatic rings. The highest BCUT2D eigenvalue weighted by molar-refractivity contribution is 6.08. The molecule has 7 heteroatoms. The van der Waals surface area contributed by atoms with Crippen molar-refractivity contribution in [3.63, 3.8) is 0 Å². The molecule has 0 bridgehead atoms. The summed E-state index contributed by atoms with van der Waals surface area (Å²) in [5.74, 6) is 0.0713. The summed E-state index contributed by atoms with van der Waals surface area (Å²) in [6.45, 7) is 10.2. The third-order valence-corrected chi connectivity index (χ3v) is 5.61. The number of aromatic nitrogens is 3. The maximum absolute atomic E-state index is 12.8. The summed E-state index contributed by atoms with van der Waals surface area (Å²) in [5, 5.41) is 0. The number of hydrogen-bond donors (Lipinski definition) is 2. The number of aromatic amines is 1. The monoisotopic (exact) mass is 437 g/mol. The van der Waals surface area contributed by atoms with Gasteiger partial charge >= 0.3 is 0 Å². The van der Waals surface area contributed by atoms with E-state index >= 15 is 0 Å². The van der Waals surface area contributed by atoms with Crippen molar-refractivity contribution >= 4 is 23.4 Å². The molecule has 172 valence electrons. The predicted octanol–water partition coefficient (Wildman–Crippen LogP) is 4.58. The zero-order valence-corrected chi connectivity index (χ0v) is 18.7. The van der Waals surface area contributed by atoms with Gasteiger partial charge in [0.05, 0.1) is 17.5 Å². The summed E-state index contributed by atoms with van der Waals surface area (Å²) in [6.07, 6.45) is 6.32. The molecule has 1 fully saturated rings. The molecule has 1 atom stereocenters. The smallest absolute Gasteiger partial charge is 0.204 e. The highest BCUT2D eigenvalue weighted by Crippen LogP contribution is 2.27. The summed E-state index contributed by atoms with van der Waals surface area (Å²) >= 11 is 0. The number of fused-ring (bicyclic) bond motifs is 1. The van der Waals surface area contributed by atoms with E-state index in [9.17, 15) is 4.79 Å². The Kier molecular flexibility index (Phi) is 8.27. The summed E-state index contributed by atoms with van der Waals surface area (Å²) in [7, 11) is 0. The number of likely N-dealkylation sites (tertiary alicyclic amines) is 1. The Labute approximate surface area is 190 Å². The second-order valence-corrected chi connectivity index (χ2v) is 9.03. The minimum absolute atomic E-state index is 0. The summed E-state index contributed by atoms with van der Waals surface area (Å²) in [5.41, 5.74) is 8.74. The molecule has 3 heterocycles. The lowest BCUT2D eigenvalue weighted by atomic mass is 9.87. The van der Waals surface area contributed by atoms with E-state index in [1.807, 2.05) is 20.8 Å². The van der Waals surface area contributed by atoms with E-state index in [0.29, 0.717) is 22.8 Å². The number of nitrogens with two attached hydrogens (primary N) is 1. The number of H-pyrrole nitrogens is 1. The normalized spacial score (nSPS) is 16.2. The van der Waals surface area contributed by atoms with Gasteiger partial charge in [0.25, 0.3) is 0 Å². The summed E-state index contributed by atoms with van der Waals surface area (Å²) in [6, 6.07) is 9.15. The number of carbonyl (C=O) groups excluding carboxylic acids is 2. The molecule has 32 heavy (non-hydrogen) atoms. The number of carbonyl (C=O) groups is 2. The maximum atomic E-state index is 12.8. The van der Waals surface area contributed by atoms with Crippen molar-refractivity contribution < 1.29 is 9.59 Å². The first kappa shape index (κ1) is 25.2. The van der Waals surface area contributed by atoms with Crippen LogP contribution in [0.4, 0.5) is 0 Å². The zero-order valence-electron chi connectivity index (χ0n) is 18.7. The molecule has 1 aromatic carbocycles. The molecule has 0 aliphatic carbocycles. The number of benzene rings is 1. The van der Waals surface area contributed by atoms with Crippen molar-refractivity contribution in [3.8, 4) is 11.3 Å². The SMILES string of the molecule is C.CC1CCCN1Cc1cccc(-c2cnc3[nH]cc(C(=O)C(C)(C)C)c3n2)c1.NC=O. The quantitative estimate of drug-likeness (QED) is 0.459. The fourth-order valence-corrected chi connectivity index (χ4v) is 3.90. The summed E-state index contributed by atoms with van der Waals surface area (Å²) in [4.78, 5) is 36.3. The lowest BCUT2D eigenvalue weighted by molar-refractivity contribution is -0.106. The second-order valence-electron chi connectivity index (χ2n) is 9.03. The van der Waals surface area contributed by atoms with E-state index in [1.54, 1.807) is 12.4 Å². The van der Waals surface area contributed by atoms with Gasteiger partial charge in [-0.25, -0.2) is 9.97 Å². The second kappa shape index (κ2) is 10.5. The van der Waals surface area contributed by atoms with Crippen LogP contribution in [0.3, 0.4) is 0 Å². The molecule has 1 aliphatic heterocycles. The van der Waals surface area contributed by atoms with Gasteiger partial charge in [0.15, 0.2) is 11.4 Å². The van der Waals surface area contributed by atoms with E-state index in [4.69, 9.17) is 9.78 Å². The minimum atomic E-state index is -0.459. The molecular weight excluding hydrogens is 402 g/mol. The van der Waals surface area contributed by atoms with Gasteiger partial charge in [-0.05, 0) is 37.9 Å². The molecule has 3 N–H and O–H groups in total.